The molecule has 1 aromatic heterocycles. The van der Waals surface area contributed by atoms with E-state index < -0.39 is 12.0 Å². The smallest absolute Gasteiger partial charge is 0.326 e. The van der Waals surface area contributed by atoms with Crippen LogP contribution in [0.15, 0.2) is 6.33 Å². The molecule has 0 aliphatic rings. The van der Waals surface area contributed by atoms with E-state index in [-0.39, 0.29) is 0 Å². The number of carboxylic acid groups (broad SMARTS) is 1. The average Bonchev–Trinajstić information content (AvgIpc) is 2.50. The van der Waals surface area contributed by atoms with Crippen LogP contribution in [-0.2, 0) is 4.79 Å². The van der Waals surface area contributed by atoms with Crippen LogP contribution in [0.1, 0.15) is 43.6 Å². The summed E-state index contributed by atoms with van der Waals surface area (Å²) >= 11 is 0. The van der Waals surface area contributed by atoms with E-state index in [0.717, 1.165) is 24.2 Å². The molecule has 0 aromatic carbocycles. The van der Waals surface area contributed by atoms with Crippen LogP contribution in [0.5, 0.6) is 0 Å². The molecule has 1 unspecified atom stereocenters. The molecule has 4 nitrogen and oxygen atoms in total. The quantitative estimate of drug-likeness (QED) is 0.811. The standard InChI is InChI=1S/C11H18N2O2/c1-4-5-6-10(11(14)15)13-7-12-8(2)9(13)3/h7,10H,4-6H2,1-3H3,(H,14,15). The number of aromatic nitrogens is 2. The number of carbonyl (C=O) groups is 1. The van der Waals surface area contributed by atoms with E-state index in [9.17, 15) is 4.79 Å². The van der Waals surface area contributed by atoms with E-state index in [4.69, 9.17) is 5.11 Å². The van der Waals surface area contributed by atoms with Crippen LogP contribution in [0.2, 0.25) is 0 Å². The lowest BCUT2D eigenvalue weighted by molar-refractivity contribution is -0.141. The third kappa shape index (κ3) is 2.58. The largest absolute Gasteiger partial charge is 0.480 e. The highest BCUT2D eigenvalue weighted by Gasteiger charge is 2.20. The lowest BCUT2D eigenvalue weighted by atomic mass is 10.1. The Bertz CT molecular complexity index is 344. The van der Waals surface area contributed by atoms with E-state index in [2.05, 4.69) is 11.9 Å². The lowest BCUT2D eigenvalue weighted by Crippen LogP contribution is -2.19. The maximum absolute atomic E-state index is 11.1. The highest BCUT2D eigenvalue weighted by Crippen LogP contribution is 2.19. The Hall–Kier alpha value is -1.32. The molecule has 4 heteroatoms. The Morgan fingerprint density at radius 3 is 2.67 bits per heavy atom. The number of aryl methyl sites for hydroxylation is 1. The molecular formula is C11H18N2O2. The summed E-state index contributed by atoms with van der Waals surface area (Å²) in [5.74, 6) is -0.774. The Morgan fingerprint density at radius 1 is 1.60 bits per heavy atom. The molecule has 0 aliphatic heterocycles. The van der Waals surface area contributed by atoms with E-state index >= 15 is 0 Å². The predicted molar refractivity (Wildman–Crippen MR) is 57.9 cm³/mol. The number of carboxylic acids is 1. The van der Waals surface area contributed by atoms with Gasteiger partial charge in [0.1, 0.15) is 6.04 Å². The average molecular weight is 210 g/mol. The Labute approximate surface area is 89.9 Å². The van der Waals surface area contributed by atoms with Crippen molar-refractivity contribution in [2.24, 2.45) is 0 Å². The first-order valence-corrected chi connectivity index (χ1v) is 5.30. The van der Waals surface area contributed by atoms with Crippen molar-refractivity contribution in [1.82, 2.24) is 9.55 Å². The van der Waals surface area contributed by atoms with Crippen molar-refractivity contribution in [2.75, 3.05) is 0 Å². The molecule has 0 saturated heterocycles. The van der Waals surface area contributed by atoms with Gasteiger partial charge in [-0.15, -0.1) is 0 Å². The molecule has 1 aromatic rings. The first-order valence-electron chi connectivity index (χ1n) is 5.30. The van der Waals surface area contributed by atoms with Gasteiger partial charge >= 0.3 is 5.97 Å². The molecule has 1 atom stereocenters. The van der Waals surface area contributed by atoms with Crippen LogP contribution in [0.3, 0.4) is 0 Å². The molecule has 0 fully saturated rings. The molecule has 0 spiro atoms. The van der Waals surface area contributed by atoms with Gasteiger partial charge in [-0.3, -0.25) is 0 Å². The van der Waals surface area contributed by atoms with E-state index in [1.807, 2.05) is 13.8 Å². The molecule has 0 amide bonds. The Balaban J connectivity index is 2.89. The third-order valence-electron chi connectivity index (χ3n) is 2.74. The number of unbranched alkanes of at least 4 members (excludes halogenated alkanes) is 1. The van der Waals surface area contributed by atoms with Crippen LogP contribution in [0.4, 0.5) is 0 Å². The third-order valence-corrected chi connectivity index (χ3v) is 2.74. The summed E-state index contributed by atoms with van der Waals surface area (Å²) in [7, 11) is 0. The van der Waals surface area contributed by atoms with E-state index in [1.54, 1.807) is 10.9 Å². The van der Waals surface area contributed by atoms with E-state index in [1.165, 1.54) is 0 Å². The number of hydrogen-bond donors (Lipinski definition) is 1. The summed E-state index contributed by atoms with van der Waals surface area (Å²) in [6, 6.07) is -0.467. The zero-order valence-corrected chi connectivity index (χ0v) is 9.53. The fourth-order valence-electron chi connectivity index (χ4n) is 1.61. The van der Waals surface area contributed by atoms with Crippen molar-refractivity contribution in [3.05, 3.63) is 17.7 Å². The summed E-state index contributed by atoms with van der Waals surface area (Å²) in [5, 5.41) is 9.14. The minimum absolute atomic E-state index is 0.467. The molecule has 15 heavy (non-hydrogen) atoms. The van der Waals surface area contributed by atoms with Crippen molar-refractivity contribution in [1.29, 1.82) is 0 Å². The summed E-state index contributed by atoms with van der Waals surface area (Å²) < 4.78 is 1.76. The van der Waals surface area contributed by atoms with Gasteiger partial charge in [-0.1, -0.05) is 19.8 Å². The van der Waals surface area contributed by atoms with Crippen molar-refractivity contribution in [3.63, 3.8) is 0 Å². The van der Waals surface area contributed by atoms with Gasteiger partial charge in [0.15, 0.2) is 0 Å². The highest BCUT2D eigenvalue weighted by molar-refractivity contribution is 5.72. The van der Waals surface area contributed by atoms with Gasteiger partial charge in [0, 0.05) is 5.69 Å². The summed E-state index contributed by atoms with van der Waals surface area (Å²) in [6.45, 7) is 5.86. The van der Waals surface area contributed by atoms with Gasteiger partial charge in [0.25, 0.3) is 0 Å². The molecular weight excluding hydrogens is 192 g/mol. The zero-order valence-electron chi connectivity index (χ0n) is 9.53. The van der Waals surface area contributed by atoms with Crippen LogP contribution >= 0.6 is 0 Å². The first-order chi connectivity index (χ1) is 7.07. The van der Waals surface area contributed by atoms with Crippen LogP contribution in [0, 0.1) is 13.8 Å². The van der Waals surface area contributed by atoms with Crippen molar-refractivity contribution in [3.8, 4) is 0 Å². The number of imidazole rings is 1. The second kappa shape index (κ2) is 4.96. The SMILES string of the molecule is CCCCC(C(=O)O)n1cnc(C)c1C. The van der Waals surface area contributed by atoms with Crippen LogP contribution < -0.4 is 0 Å². The number of rotatable bonds is 5. The maximum Gasteiger partial charge on any atom is 0.326 e. The van der Waals surface area contributed by atoms with Crippen molar-refractivity contribution >= 4 is 5.97 Å². The van der Waals surface area contributed by atoms with Gasteiger partial charge in [-0.05, 0) is 20.3 Å². The number of aliphatic carboxylic acids is 1. The second-order valence-electron chi connectivity index (χ2n) is 3.82. The van der Waals surface area contributed by atoms with Crippen LogP contribution in [-0.4, -0.2) is 20.6 Å². The molecule has 1 N–H and O–H groups in total. The fraction of sp³-hybridized carbons (Fsp3) is 0.636. The Morgan fingerprint density at radius 2 is 2.27 bits per heavy atom. The van der Waals surface area contributed by atoms with Crippen molar-refractivity contribution in [2.45, 2.75) is 46.1 Å². The number of hydrogen-bond acceptors (Lipinski definition) is 2. The maximum atomic E-state index is 11.1. The monoisotopic (exact) mass is 210 g/mol. The van der Waals surface area contributed by atoms with Gasteiger partial charge in [-0.2, -0.15) is 0 Å². The van der Waals surface area contributed by atoms with Gasteiger partial charge in [0.2, 0.25) is 0 Å². The molecule has 1 rings (SSSR count). The lowest BCUT2D eigenvalue weighted by Gasteiger charge is -2.15. The topological polar surface area (TPSA) is 55.1 Å². The molecule has 0 bridgehead atoms. The predicted octanol–water partition coefficient (Wildman–Crippen LogP) is 2.32. The zero-order chi connectivity index (χ0) is 11.4. The summed E-state index contributed by atoms with van der Waals surface area (Å²) in [5.41, 5.74) is 1.84. The molecule has 84 valence electrons. The summed E-state index contributed by atoms with van der Waals surface area (Å²) in [6.07, 6.45) is 4.23. The summed E-state index contributed by atoms with van der Waals surface area (Å²) in [4.78, 5) is 15.2. The highest BCUT2D eigenvalue weighted by atomic mass is 16.4. The Kier molecular flexibility index (Phi) is 3.88. The number of nitrogens with zero attached hydrogens (tertiary/aromatic N) is 2. The van der Waals surface area contributed by atoms with Gasteiger partial charge < -0.3 is 9.67 Å². The minimum Gasteiger partial charge on any atom is -0.480 e. The normalized spacial score (nSPS) is 12.7. The molecule has 0 aliphatic carbocycles. The molecule has 0 saturated carbocycles. The molecule has 1 heterocycles. The van der Waals surface area contributed by atoms with Crippen LogP contribution in [0.25, 0.3) is 0 Å². The van der Waals surface area contributed by atoms with Gasteiger partial charge in [-0.25, -0.2) is 9.78 Å². The fourth-order valence-corrected chi connectivity index (χ4v) is 1.61. The first kappa shape index (κ1) is 11.8. The van der Waals surface area contributed by atoms with E-state index in [0.29, 0.717) is 6.42 Å². The van der Waals surface area contributed by atoms with Crippen molar-refractivity contribution < 1.29 is 9.90 Å². The second-order valence-corrected chi connectivity index (χ2v) is 3.82. The van der Waals surface area contributed by atoms with Gasteiger partial charge in [0.05, 0.1) is 12.0 Å². The minimum atomic E-state index is -0.774. The molecule has 0 radical (unpaired) electrons.